The Morgan fingerprint density at radius 2 is 0.906 bits per heavy atom. The molecular weight excluding hydrogens is 826 g/mol. The van der Waals surface area contributed by atoms with Gasteiger partial charge < -0.3 is 25.2 Å². The highest BCUT2D eigenvalue weighted by molar-refractivity contribution is 7.47. The first-order valence-corrected chi connectivity index (χ1v) is 25.9. The van der Waals surface area contributed by atoms with Crippen LogP contribution in [0.1, 0.15) is 174 Å². The molecule has 0 aliphatic heterocycles. The minimum absolute atomic E-state index is 0.0178. The molecule has 4 N–H and O–H groups in total. The summed E-state index contributed by atoms with van der Waals surface area (Å²) < 4.78 is 33.4. The molecule has 0 aliphatic rings. The molecule has 11 heteroatoms. The minimum atomic E-state index is -4.65. The lowest BCUT2D eigenvalue weighted by Gasteiger charge is -2.20. The zero-order valence-electron chi connectivity index (χ0n) is 39.8. The Morgan fingerprint density at radius 3 is 1.36 bits per heavy atom. The number of carboxylic acid groups (broad SMARTS) is 1. The highest BCUT2D eigenvalue weighted by Crippen LogP contribution is 2.43. The van der Waals surface area contributed by atoms with Crippen molar-refractivity contribution in [2.24, 2.45) is 5.73 Å². The zero-order valence-corrected chi connectivity index (χ0v) is 40.7. The lowest BCUT2D eigenvalue weighted by molar-refractivity contribution is -0.154. The summed E-state index contributed by atoms with van der Waals surface area (Å²) in [6, 6.07) is -1.49. The number of esters is 1. The number of aliphatic carboxylic acids is 1. The summed E-state index contributed by atoms with van der Waals surface area (Å²) in [4.78, 5) is 33.6. The van der Waals surface area contributed by atoms with Gasteiger partial charge in [-0.2, -0.15) is 0 Å². The van der Waals surface area contributed by atoms with Crippen molar-refractivity contribution in [3.05, 3.63) is 109 Å². The summed E-state index contributed by atoms with van der Waals surface area (Å²) in [5, 5.41) is 8.92. The first kappa shape index (κ1) is 60.6. The molecule has 0 amide bonds. The van der Waals surface area contributed by atoms with Crippen LogP contribution >= 0.6 is 7.82 Å². The first-order valence-electron chi connectivity index (χ1n) is 24.4. The third-order valence-corrected chi connectivity index (χ3v) is 10.7. The maximum Gasteiger partial charge on any atom is 0.472 e. The van der Waals surface area contributed by atoms with Crippen LogP contribution in [0.4, 0.5) is 0 Å². The van der Waals surface area contributed by atoms with Crippen molar-refractivity contribution in [3.63, 3.8) is 0 Å². The molecular formula is C53H88NO9P. The van der Waals surface area contributed by atoms with Crippen molar-refractivity contribution >= 4 is 19.8 Å². The highest BCUT2D eigenvalue weighted by Gasteiger charge is 2.27. The molecule has 0 saturated heterocycles. The molecule has 0 aromatic rings. The summed E-state index contributed by atoms with van der Waals surface area (Å²) >= 11 is 0. The number of unbranched alkanes of at least 4 members (excludes halogenated alkanes) is 13. The van der Waals surface area contributed by atoms with Crippen LogP contribution in [0, 0.1) is 0 Å². The van der Waals surface area contributed by atoms with E-state index in [4.69, 9.17) is 29.4 Å². The molecule has 364 valence electrons. The summed E-state index contributed by atoms with van der Waals surface area (Å²) in [5.41, 5.74) is 5.36. The van der Waals surface area contributed by atoms with E-state index in [0.29, 0.717) is 19.4 Å². The van der Waals surface area contributed by atoms with Crippen LogP contribution in [-0.4, -0.2) is 60.5 Å². The van der Waals surface area contributed by atoms with E-state index in [1.54, 1.807) is 0 Å². The summed E-state index contributed by atoms with van der Waals surface area (Å²) in [7, 11) is -4.65. The molecule has 3 atom stereocenters. The molecule has 0 bridgehead atoms. The molecule has 0 radical (unpaired) electrons. The van der Waals surface area contributed by atoms with Crippen molar-refractivity contribution in [1.82, 2.24) is 0 Å². The molecule has 0 aromatic heterocycles. The van der Waals surface area contributed by atoms with Gasteiger partial charge in [-0.3, -0.25) is 18.6 Å². The number of allylic oxidation sites excluding steroid dienone is 18. The van der Waals surface area contributed by atoms with E-state index in [2.05, 4.69) is 117 Å². The predicted molar refractivity (Wildman–Crippen MR) is 267 cm³/mol. The van der Waals surface area contributed by atoms with E-state index in [9.17, 15) is 19.0 Å². The van der Waals surface area contributed by atoms with Crippen LogP contribution in [0.5, 0.6) is 0 Å². The summed E-state index contributed by atoms with van der Waals surface area (Å²) in [5.74, 6) is -1.85. The lowest BCUT2D eigenvalue weighted by atomic mass is 10.1. The molecule has 0 spiro atoms. The fourth-order valence-electron chi connectivity index (χ4n) is 6.03. The molecule has 0 fully saturated rings. The van der Waals surface area contributed by atoms with E-state index >= 15 is 0 Å². The number of hydrogen-bond donors (Lipinski definition) is 3. The van der Waals surface area contributed by atoms with E-state index in [0.717, 1.165) is 77.0 Å². The van der Waals surface area contributed by atoms with Gasteiger partial charge in [-0.15, -0.1) is 0 Å². The molecule has 64 heavy (non-hydrogen) atoms. The van der Waals surface area contributed by atoms with Crippen LogP contribution in [-0.2, 0) is 32.7 Å². The Hall–Kier alpha value is -3.37. The van der Waals surface area contributed by atoms with Gasteiger partial charge in [-0.1, -0.05) is 181 Å². The standard InChI is InChI=1S/C53H88NO9P/c1-3-5-7-9-11-13-15-17-19-21-23-24-25-26-27-29-31-33-35-37-39-41-43-45-52(55)63-50(48-61-64(58,59)62-49-51(54)53(56)57)47-60-46-44-42-40-38-36-34-32-30-28-22-20-18-16-14-12-10-8-6-4-2/h5,7,11,13-14,16-17,19-20,22-24,26-27,31,33,37,39,50-51H,3-4,6,8-10,12,15,18,21,25,28-30,32,34-36,38,40-49,54H2,1-2H3,(H,56,57)(H,58,59)/b7-5-,13-11-,16-14-,19-17-,22-20-,24-23-,27-26-,33-31-,39-37-. The molecule has 0 aromatic carbocycles. The van der Waals surface area contributed by atoms with Crippen molar-refractivity contribution in [3.8, 4) is 0 Å². The van der Waals surface area contributed by atoms with Crippen molar-refractivity contribution < 1.29 is 42.7 Å². The summed E-state index contributed by atoms with van der Waals surface area (Å²) in [6.45, 7) is 3.65. The maximum absolute atomic E-state index is 12.7. The topological polar surface area (TPSA) is 155 Å². The number of phosphoric ester groups is 1. The van der Waals surface area contributed by atoms with E-state index < -0.39 is 45.1 Å². The Bertz CT molecular complexity index is 1430. The average molecular weight is 914 g/mol. The molecule has 0 heterocycles. The number of phosphoric acid groups is 1. The Balaban J connectivity index is 4.33. The van der Waals surface area contributed by atoms with Crippen LogP contribution in [0.3, 0.4) is 0 Å². The van der Waals surface area contributed by atoms with Crippen molar-refractivity contribution in [2.75, 3.05) is 26.4 Å². The largest absolute Gasteiger partial charge is 0.480 e. The molecule has 0 saturated carbocycles. The molecule has 0 rings (SSSR count). The second-order valence-electron chi connectivity index (χ2n) is 15.9. The number of carbonyl (C=O) groups is 2. The normalized spacial score (nSPS) is 14.7. The highest BCUT2D eigenvalue weighted by atomic mass is 31.2. The fourth-order valence-corrected chi connectivity index (χ4v) is 6.81. The van der Waals surface area contributed by atoms with E-state index in [1.807, 2.05) is 6.08 Å². The number of nitrogens with two attached hydrogens (primary N) is 1. The van der Waals surface area contributed by atoms with Crippen LogP contribution < -0.4 is 5.73 Å². The number of hydrogen-bond acceptors (Lipinski definition) is 8. The van der Waals surface area contributed by atoms with Gasteiger partial charge in [-0.05, 0) is 96.3 Å². The van der Waals surface area contributed by atoms with Gasteiger partial charge in [0.2, 0.25) is 0 Å². The monoisotopic (exact) mass is 914 g/mol. The second-order valence-corrected chi connectivity index (χ2v) is 17.3. The van der Waals surface area contributed by atoms with E-state index in [1.165, 1.54) is 64.2 Å². The van der Waals surface area contributed by atoms with E-state index in [-0.39, 0.29) is 13.0 Å². The smallest absolute Gasteiger partial charge is 0.472 e. The van der Waals surface area contributed by atoms with Gasteiger partial charge in [0, 0.05) is 13.0 Å². The molecule has 10 nitrogen and oxygen atoms in total. The van der Waals surface area contributed by atoms with Crippen molar-refractivity contribution in [1.29, 1.82) is 0 Å². The van der Waals surface area contributed by atoms with Gasteiger partial charge in [0.1, 0.15) is 12.1 Å². The number of rotatable bonds is 45. The minimum Gasteiger partial charge on any atom is -0.480 e. The third-order valence-electron chi connectivity index (χ3n) is 9.79. The Labute approximate surface area is 389 Å². The molecule has 0 aliphatic carbocycles. The van der Waals surface area contributed by atoms with Crippen molar-refractivity contribution in [2.45, 2.75) is 187 Å². The van der Waals surface area contributed by atoms with Gasteiger partial charge in [-0.25, -0.2) is 4.57 Å². The number of carboxylic acids is 1. The number of ether oxygens (including phenoxy) is 2. The van der Waals surface area contributed by atoms with Gasteiger partial charge >= 0.3 is 19.8 Å². The van der Waals surface area contributed by atoms with Gasteiger partial charge in [0.05, 0.1) is 19.8 Å². The lowest BCUT2D eigenvalue weighted by Crippen LogP contribution is -2.34. The SMILES string of the molecule is CC/C=C\C/C=C\C/C=C\C/C=C\C/C=C\C/C=C\C/C=C\CCCC(=O)OC(COCCCCCCCCCC/C=C\C/C=C\CCCCCC)COP(=O)(O)OCC(N)C(=O)O. The Morgan fingerprint density at radius 1 is 0.516 bits per heavy atom. The Kier molecular flexibility index (Phi) is 45.1. The average Bonchev–Trinajstić information content (AvgIpc) is 3.28. The predicted octanol–water partition coefficient (Wildman–Crippen LogP) is 14.3. The van der Waals surface area contributed by atoms with Gasteiger partial charge in [0.25, 0.3) is 0 Å². The number of carbonyl (C=O) groups excluding carboxylic acids is 1. The van der Waals surface area contributed by atoms with Gasteiger partial charge in [0.15, 0.2) is 0 Å². The second kappa shape index (κ2) is 47.6. The maximum atomic E-state index is 12.7. The van der Waals surface area contributed by atoms with Crippen LogP contribution in [0.25, 0.3) is 0 Å². The quantitative estimate of drug-likeness (QED) is 0.0233. The van der Waals surface area contributed by atoms with Crippen LogP contribution in [0.15, 0.2) is 109 Å². The molecule has 3 unspecified atom stereocenters. The fraction of sp³-hybridized carbons (Fsp3) is 0.623. The first-order chi connectivity index (χ1) is 31.2. The zero-order chi connectivity index (χ0) is 46.9. The third kappa shape index (κ3) is 46.6. The van der Waals surface area contributed by atoms with Crippen LogP contribution in [0.2, 0.25) is 0 Å². The summed E-state index contributed by atoms with van der Waals surface area (Å²) in [6.07, 6.45) is 64.3.